The Labute approximate surface area is 94.6 Å². The second kappa shape index (κ2) is 5.16. The number of aromatic nitrogens is 2. The lowest BCUT2D eigenvalue weighted by Gasteiger charge is -2.08. The molecule has 1 N–H and O–H groups in total. The van der Waals surface area contributed by atoms with Crippen LogP contribution in [0.1, 0.15) is 29.5 Å². The molecule has 4 nitrogen and oxygen atoms in total. The quantitative estimate of drug-likeness (QED) is 0.795. The number of aryl methyl sites for hydroxylation is 2. The van der Waals surface area contributed by atoms with E-state index in [0.717, 1.165) is 12.1 Å². The molecule has 0 fully saturated rings. The number of hydrogen-bond donors (Lipinski definition) is 1. The van der Waals surface area contributed by atoms with E-state index in [0.29, 0.717) is 12.2 Å². The van der Waals surface area contributed by atoms with Gasteiger partial charge in [-0.3, -0.25) is 9.48 Å². The molecule has 1 rings (SSSR count). The van der Waals surface area contributed by atoms with E-state index in [9.17, 15) is 4.79 Å². The van der Waals surface area contributed by atoms with E-state index in [1.165, 1.54) is 0 Å². The van der Waals surface area contributed by atoms with Crippen LogP contribution in [0, 0.1) is 6.92 Å². The molecule has 1 heterocycles. The maximum Gasteiger partial charge on any atom is 0.269 e. The standard InChI is InChI=1S/C10H16ClN3O/c1-4-8(11)6-12-10(15)9-5-7(2)13-14(9)3/h5,8H,4,6H2,1-3H3,(H,12,15). The van der Waals surface area contributed by atoms with Crippen molar-refractivity contribution >= 4 is 17.5 Å². The van der Waals surface area contributed by atoms with Gasteiger partial charge in [-0.05, 0) is 19.4 Å². The Morgan fingerprint density at radius 3 is 2.87 bits per heavy atom. The largest absolute Gasteiger partial charge is 0.349 e. The Kier molecular flexibility index (Phi) is 4.15. The van der Waals surface area contributed by atoms with Gasteiger partial charge in [0.1, 0.15) is 5.69 Å². The number of hydrogen-bond acceptors (Lipinski definition) is 2. The van der Waals surface area contributed by atoms with Crippen LogP contribution in [0.4, 0.5) is 0 Å². The molecule has 1 aromatic rings. The van der Waals surface area contributed by atoms with Gasteiger partial charge in [-0.25, -0.2) is 0 Å². The highest BCUT2D eigenvalue weighted by Gasteiger charge is 2.12. The Bertz CT molecular complexity index is 348. The van der Waals surface area contributed by atoms with Crippen molar-refractivity contribution < 1.29 is 4.79 Å². The molecule has 0 saturated carbocycles. The molecular formula is C10H16ClN3O. The van der Waals surface area contributed by atoms with Crippen molar-refractivity contribution in [2.45, 2.75) is 25.6 Å². The van der Waals surface area contributed by atoms with Gasteiger partial charge in [-0.15, -0.1) is 11.6 Å². The van der Waals surface area contributed by atoms with Crippen LogP contribution in [0.5, 0.6) is 0 Å². The maximum absolute atomic E-state index is 11.7. The molecule has 0 spiro atoms. The van der Waals surface area contributed by atoms with Crippen molar-refractivity contribution in [1.29, 1.82) is 0 Å². The molecule has 1 aromatic heterocycles. The molecular weight excluding hydrogens is 214 g/mol. The summed E-state index contributed by atoms with van der Waals surface area (Å²) in [7, 11) is 1.75. The maximum atomic E-state index is 11.7. The Balaban J connectivity index is 2.58. The fourth-order valence-electron chi connectivity index (χ4n) is 1.26. The molecule has 84 valence electrons. The third-order valence-electron chi connectivity index (χ3n) is 2.16. The minimum absolute atomic E-state index is 0.0109. The van der Waals surface area contributed by atoms with E-state index in [1.54, 1.807) is 17.8 Å². The van der Waals surface area contributed by atoms with Crippen molar-refractivity contribution in [3.8, 4) is 0 Å². The highest BCUT2D eigenvalue weighted by Crippen LogP contribution is 2.03. The fraction of sp³-hybridized carbons (Fsp3) is 0.600. The van der Waals surface area contributed by atoms with Crippen LogP contribution in [-0.4, -0.2) is 27.6 Å². The average molecular weight is 230 g/mol. The predicted octanol–water partition coefficient (Wildman–Crippen LogP) is 1.48. The molecule has 0 aliphatic heterocycles. The van der Waals surface area contributed by atoms with E-state index in [-0.39, 0.29) is 11.3 Å². The van der Waals surface area contributed by atoms with Gasteiger partial charge in [-0.1, -0.05) is 6.92 Å². The van der Waals surface area contributed by atoms with E-state index < -0.39 is 0 Å². The summed E-state index contributed by atoms with van der Waals surface area (Å²) in [4.78, 5) is 11.7. The van der Waals surface area contributed by atoms with Crippen LogP contribution >= 0.6 is 11.6 Å². The number of nitrogens with zero attached hydrogens (tertiary/aromatic N) is 2. The first-order valence-corrected chi connectivity index (χ1v) is 5.41. The second-order valence-electron chi connectivity index (χ2n) is 3.51. The number of rotatable bonds is 4. The van der Waals surface area contributed by atoms with Crippen LogP contribution in [0.15, 0.2) is 6.07 Å². The Morgan fingerprint density at radius 2 is 2.40 bits per heavy atom. The first-order chi connectivity index (χ1) is 7.04. The van der Waals surface area contributed by atoms with E-state index in [4.69, 9.17) is 11.6 Å². The van der Waals surface area contributed by atoms with Crippen LogP contribution in [0.25, 0.3) is 0 Å². The van der Waals surface area contributed by atoms with Gasteiger partial charge in [0.15, 0.2) is 0 Å². The van der Waals surface area contributed by atoms with Crippen molar-refractivity contribution in [2.75, 3.05) is 6.54 Å². The fourth-order valence-corrected chi connectivity index (χ4v) is 1.34. The molecule has 0 aromatic carbocycles. The van der Waals surface area contributed by atoms with Crippen molar-refractivity contribution in [1.82, 2.24) is 15.1 Å². The molecule has 0 radical (unpaired) electrons. The number of carbonyl (C=O) groups is 1. The van der Waals surface area contributed by atoms with Crippen LogP contribution in [0.2, 0.25) is 0 Å². The summed E-state index contributed by atoms with van der Waals surface area (Å²) in [6.07, 6.45) is 0.840. The monoisotopic (exact) mass is 229 g/mol. The molecule has 1 atom stereocenters. The van der Waals surface area contributed by atoms with Crippen molar-refractivity contribution in [3.05, 3.63) is 17.5 Å². The molecule has 0 aliphatic rings. The van der Waals surface area contributed by atoms with Gasteiger partial charge >= 0.3 is 0 Å². The molecule has 0 aliphatic carbocycles. The minimum atomic E-state index is -0.128. The summed E-state index contributed by atoms with van der Waals surface area (Å²) < 4.78 is 1.57. The summed E-state index contributed by atoms with van der Waals surface area (Å²) in [6, 6.07) is 1.75. The van der Waals surface area contributed by atoms with Gasteiger partial charge in [-0.2, -0.15) is 5.10 Å². The summed E-state index contributed by atoms with van der Waals surface area (Å²) in [5.41, 5.74) is 1.40. The lowest BCUT2D eigenvalue weighted by atomic mass is 10.3. The third kappa shape index (κ3) is 3.23. The lowest BCUT2D eigenvalue weighted by molar-refractivity contribution is 0.0944. The number of amides is 1. The normalized spacial score (nSPS) is 12.5. The topological polar surface area (TPSA) is 46.9 Å². The van der Waals surface area contributed by atoms with Crippen LogP contribution in [-0.2, 0) is 7.05 Å². The van der Waals surface area contributed by atoms with Crippen LogP contribution < -0.4 is 5.32 Å². The van der Waals surface area contributed by atoms with Gasteiger partial charge in [0.2, 0.25) is 0 Å². The zero-order valence-electron chi connectivity index (χ0n) is 9.25. The van der Waals surface area contributed by atoms with Crippen LogP contribution in [0.3, 0.4) is 0 Å². The highest BCUT2D eigenvalue weighted by molar-refractivity contribution is 6.20. The second-order valence-corrected chi connectivity index (χ2v) is 4.13. The number of halogens is 1. The van der Waals surface area contributed by atoms with E-state index >= 15 is 0 Å². The van der Waals surface area contributed by atoms with E-state index in [2.05, 4.69) is 10.4 Å². The van der Waals surface area contributed by atoms with Gasteiger partial charge < -0.3 is 5.32 Å². The lowest BCUT2D eigenvalue weighted by Crippen LogP contribution is -2.30. The Morgan fingerprint density at radius 1 is 1.73 bits per heavy atom. The molecule has 0 saturated heterocycles. The molecule has 5 heteroatoms. The molecule has 15 heavy (non-hydrogen) atoms. The van der Waals surface area contributed by atoms with Gasteiger partial charge in [0.25, 0.3) is 5.91 Å². The number of alkyl halides is 1. The van der Waals surface area contributed by atoms with Gasteiger partial charge in [0.05, 0.1) is 11.1 Å². The predicted molar refractivity (Wildman–Crippen MR) is 60.2 cm³/mol. The number of carbonyl (C=O) groups excluding carboxylic acids is 1. The zero-order valence-corrected chi connectivity index (χ0v) is 10.0. The highest BCUT2D eigenvalue weighted by atomic mass is 35.5. The SMILES string of the molecule is CCC(Cl)CNC(=O)c1cc(C)nn1C. The van der Waals surface area contributed by atoms with Crippen molar-refractivity contribution in [3.63, 3.8) is 0 Å². The summed E-state index contributed by atoms with van der Waals surface area (Å²) >= 11 is 5.90. The average Bonchev–Trinajstić information content (AvgIpc) is 2.53. The smallest absolute Gasteiger partial charge is 0.269 e. The van der Waals surface area contributed by atoms with Crippen molar-refractivity contribution in [2.24, 2.45) is 7.05 Å². The third-order valence-corrected chi connectivity index (χ3v) is 2.62. The summed E-state index contributed by atoms with van der Waals surface area (Å²) in [5, 5.41) is 6.86. The molecule has 1 unspecified atom stereocenters. The first kappa shape index (κ1) is 12.0. The summed E-state index contributed by atoms with van der Waals surface area (Å²) in [6.45, 7) is 4.33. The Hall–Kier alpha value is -1.03. The molecule has 1 amide bonds. The van der Waals surface area contributed by atoms with Gasteiger partial charge in [0, 0.05) is 13.6 Å². The minimum Gasteiger partial charge on any atom is -0.349 e. The van der Waals surface area contributed by atoms with E-state index in [1.807, 2.05) is 13.8 Å². The molecule has 0 bridgehead atoms. The first-order valence-electron chi connectivity index (χ1n) is 4.97. The summed E-state index contributed by atoms with van der Waals surface area (Å²) in [5.74, 6) is -0.128. The zero-order chi connectivity index (χ0) is 11.4. The number of nitrogens with one attached hydrogen (secondary N) is 1.